The zero-order valence-corrected chi connectivity index (χ0v) is 8.38. The van der Waals surface area contributed by atoms with Crippen LogP contribution in [0.2, 0.25) is 0 Å². The summed E-state index contributed by atoms with van der Waals surface area (Å²) >= 11 is 0. The fraction of sp³-hybridized carbons (Fsp3) is 0.231. The Morgan fingerprint density at radius 1 is 1.31 bits per heavy atom. The van der Waals surface area contributed by atoms with Crippen LogP contribution in [0.15, 0.2) is 48.6 Å². The van der Waals surface area contributed by atoms with E-state index in [0.29, 0.717) is 0 Å². The van der Waals surface area contributed by atoms with Gasteiger partial charge in [-0.1, -0.05) is 49.9 Å². The fourth-order valence-electron chi connectivity index (χ4n) is 1.44. The largest absolute Gasteiger partial charge is 0.0988 e. The van der Waals surface area contributed by atoms with Gasteiger partial charge >= 0.3 is 0 Å². The van der Waals surface area contributed by atoms with Crippen molar-refractivity contribution >= 4 is 5.57 Å². The molecule has 0 atom stereocenters. The van der Waals surface area contributed by atoms with Crippen molar-refractivity contribution in [2.24, 2.45) is 0 Å². The van der Waals surface area contributed by atoms with Crippen LogP contribution in [0.25, 0.3) is 5.57 Å². The Hall–Kier alpha value is -1.30. The van der Waals surface area contributed by atoms with E-state index in [4.69, 9.17) is 0 Å². The highest BCUT2D eigenvalue weighted by molar-refractivity contribution is 5.68. The molecule has 1 rings (SSSR count). The Labute approximate surface area is 80.6 Å². The molecule has 0 N–H and O–H groups in total. The summed E-state index contributed by atoms with van der Waals surface area (Å²) in [7, 11) is 0. The van der Waals surface area contributed by atoms with E-state index in [1.807, 2.05) is 12.1 Å². The number of hydrogen-bond acceptors (Lipinski definition) is 0. The molecule has 0 aliphatic heterocycles. The van der Waals surface area contributed by atoms with Gasteiger partial charge in [0.15, 0.2) is 0 Å². The van der Waals surface area contributed by atoms with Gasteiger partial charge in [0.05, 0.1) is 0 Å². The van der Waals surface area contributed by atoms with Gasteiger partial charge in [0.1, 0.15) is 0 Å². The van der Waals surface area contributed by atoms with E-state index in [0.717, 1.165) is 6.42 Å². The van der Waals surface area contributed by atoms with Crippen molar-refractivity contribution < 1.29 is 0 Å². The third-order valence-corrected chi connectivity index (χ3v) is 2.32. The number of benzene rings is 1. The second kappa shape index (κ2) is 4.66. The minimum absolute atomic E-state index is 1.05. The SMILES string of the molecule is C=CC(CC)=C(C)c1ccccc1. The Balaban J connectivity index is 3.08. The van der Waals surface area contributed by atoms with Gasteiger partial charge in [0, 0.05) is 0 Å². The molecule has 1 aromatic rings. The van der Waals surface area contributed by atoms with E-state index >= 15 is 0 Å². The first-order valence-electron chi connectivity index (χ1n) is 4.67. The van der Waals surface area contributed by atoms with Crippen molar-refractivity contribution in [1.29, 1.82) is 0 Å². The quantitative estimate of drug-likeness (QED) is 0.603. The van der Waals surface area contributed by atoms with E-state index in [2.05, 4.69) is 44.7 Å². The number of hydrogen-bond donors (Lipinski definition) is 0. The van der Waals surface area contributed by atoms with Crippen LogP contribution in [0, 0.1) is 0 Å². The van der Waals surface area contributed by atoms with Crippen LogP contribution in [0.3, 0.4) is 0 Å². The van der Waals surface area contributed by atoms with Crippen molar-refractivity contribution in [1.82, 2.24) is 0 Å². The standard InChI is InChI=1S/C13H16/c1-4-12(5-2)11(3)13-9-7-6-8-10-13/h4,6-10H,1,5H2,2-3H3. The summed E-state index contributed by atoms with van der Waals surface area (Å²) in [6.07, 6.45) is 2.99. The van der Waals surface area contributed by atoms with Gasteiger partial charge in [0.2, 0.25) is 0 Å². The molecular formula is C13H16. The molecule has 13 heavy (non-hydrogen) atoms. The molecule has 1 aromatic carbocycles. The molecule has 0 fully saturated rings. The van der Waals surface area contributed by atoms with Crippen LogP contribution in [0.4, 0.5) is 0 Å². The Bertz CT molecular complexity index is 304. The second-order valence-electron chi connectivity index (χ2n) is 3.07. The monoisotopic (exact) mass is 172 g/mol. The summed E-state index contributed by atoms with van der Waals surface area (Å²) in [5.41, 5.74) is 3.95. The molecule has 68 valence electrons. The maximum absolute atomic E-state index is 3.82. The summed E-state index contributed by atoms with van der Waals surface area (Å²) in [5, 5.41) is 0. The lowest BCUT2D eigenvalue weighted by molar-refractivity contribution is 1.15. The first-order chi connectivity index (χ1) is 6.29. The smallest absolute Gasteiger partial charge is 0.0225 e. The molecule has 0 bridgehead atoms. The Kier molecular flexibility index (Phi) is 3.51. The average Bonchev–Trinajstić information content (AvgIpc) is 2.21. The molecule has 0 aliphatic carbocycles. The Morgan fingerprint density at radius 2 is 1.92 bits per heavy atom. The summed E-state index contributed by atoms with van der Waals surface area (Å²) < 4.78 is 0. The van der Waals surface area contributed by atoms with Crippen molar-refractivity contribution in [2.45, 2.75) is 20.3 Å². The fourth-order valence-corrected chi connectivity index (χ4v) is 1.44. The lowest BCUT2D eigenvalue weighted by atomic mass is 10.00. The molecule has 0 saturated heterocycles. The van der Waals surface area contributed by atoms with Gasteiger partial charge in [0.25, 0.3) is 0 Å². The predicted molar refractivity (Wildman–Crippen MR) is 59.5 cm³/mol. The summed E-state index contributed by atoms with van der Waals surface area (Å²) in [6, 6.07) is 10.4. The molecule has 0 nitrogen and oxygen atoms in total. The molecule has 0 heteroatoms. The van der Waals surface area contributed by atoms with Crippen molar-refractivity contribution in [3.63, 3.8) is 0 Å². The van der Waals surface area contributed by atoms with Gasteiger partial charge in [-0.25, -0.2) is 0 Å². The third kappa shape index (κ3) is 2.32. The molecule has 0 aliphatic rings. The van der Waals surface area contributed by atoms with Crippen LogP contribution >= 0.6 is 0 Å². The van der Waals surface area contributed by atoms with Crippen molar-refractivity contribution in [3.8, 4) is 0 Å². The number of rotatable bonds is 3. The minimum atomic E-state index is 1.05. The van der Waals surface area contributed by atoms with Crippen LogP contribution in [-0.2, 0) is 0 Å². The molecule has 0 aromatic heterocycles. The molecular weight excluding hydrogens is 156 g/mol. The first kappa shape index (κ1) is 9.79. The topological polar surface area (TPSA) is 0 Å². The van der Waals surface area contributed by atoms with Crippen molar-refractivity contribution in [3.05, 3.63) is 54.1 Å². The van der Waals surface area contributed by atoms with Gasteiger partial charge < -0.3 is 0 Å². The van der Waals surface area contributed by atoms with Gasteiger partial charge in [-0.3, -0.25) is 0 Å². The van der Waals surface area contributed by atoms with Crippen LogP contribution in [0.1, 0.15) is 25.8 Å². The van der Waals surface area contributed by atoms with Crippen LogP contribution in [-0.4, -0.2) is 0 Å². The summed E-state index contributed by atoms with van der Waals surface area (Å²) in [4.78, 5) is 0. The van der Waals surface area contributed by atoms with E-state index in [1.165, 1.54) is 16.7 Å². The lowest BCUT2D eigenvalue weighted by Crippen LogP contribution is -1.84. The van der Waals surface area contributed by atoms with Gasteiger partial charge in [-0.15, -0.1) is 0 Å². The highest BCUT2D eigenvalue weighted by Crippen LogP contribution is 2.20. The van der Waals surface area contributed by atoms with Gasteiger partial charge in [-0.05, 0) is 30.1 Å². The molecule has 0 unspecified atom stereocenters. The second-order valence-corrected chi connectivity index (χ2v) is 3.07. The average molecular weight is 172 g/mol. The molecule has 0 spiro atoms. The number of allylic oxidation sites excluding steroid dienone is 3. The van der Waals surface area contributed by atoms with E-state index in [9.17, 15) is 0 Å². The molecule has 0 amide bonds. The highest BCUT2D eigenvalue weighted by Gasteiger charge is 1.98. The normalized spacial score (nSPS) is 12.2. The zero-order chi connectivity index (χ0) is 9.68. The molecule has 0 saturated carbocycles. The predicted octanol–water partition coefficient (Wildman–Crippen LogP) is 4.06. The maximum atomic E-state index is 3.82. The summed E-state index contributed by atoms with van der Waals surface area (Å²) in [6.45, 7) is 8.13. The Morgan fingerprint density at radius 3 is 2.38 bits per heavy atom. The zero-order valence-electron chi connectivity index (χ0n) is 8.38. The van der Waals surface area contributed by atoms with Crippen LogP contribution < -0.4 is 0 Å². The van der Waals surface area contributed by atoms with Gasteiger partial charge in [-0.2, -0.15) is 0 Å². The lowest BCUT2D eigenvalue weighted by Gasteiger charge is -2.05. The maximum Gasteiger partial charge on any atom is -0.0225 e. The molecule has 0 radical (unpaired) electrons. The van der Waals surface area contributed by atoms with E-state index < -0.39 is 0 Å². The van der Waals surface area contributed by atoms with Crippen LogP contribution in [0.5, 0.6) is 0 Å². The third-order valence-electron chi connectivity index (χ3n) is 2.32. The van der Waals surface area contributed by atoms with Crippen molar-refractivity contribution in [2.75, 3.05) is 0 Å². The van der Waals surface area contributed by atoms with E-state index in [1.54, 1.807) is 0 Å². The first-order valence-corrected chi connectivity index (χ1v) is 4.67. The summed E-state index contributed by atoms with van der Waals surface area (Å²) in [5.74, 6) is 0. The highest BCUT2D eigenvalue weighted by atomic mass is 14.0. The minimum Gasteiger partial charge on any atom is -0.0988 e. The van der Waals surface area contributed by atoms with E-state index in [-0.39, 0.29) is 0 Å². The molecule has 0 heterocycles.